The van der Waals surface area contributed by atoms with Gasteiger partial charge in [-0.2, -0.15) is 0 Å². The first-order valence-electron chi connectivity index (χ1n) is 10.4. The summed E-state index contributed by atoms with van der Waals surface area (Å²) in [6.07, 6.45) is 0.900. The summed E-state index contributed by atoms with van der Waals surface area (Å²) < 4.78 is 11.9. The standard InChI is InChI=1S/C23H30BrN3O3/c1-3-15-30-22-20(24)16-18(17-21(22)29-2)23(28)25-9-10-26-11-13-27(14-12-26)19-7-5-4-6-8-19/h4-8,16-17H,3,9-15H2,1-2H3,(H,25,28). The molecule has 0 aliphatic carbocycles. The molecule has 0 spiro atoms. The van der Waals surface area contributed by atoms with E-state index in [1.165, 1.54) is 5.69 Å². The van der Waals surface area contributed by atoms with E-state index in [9.17, 15) is 4.79 Å². The van der Waals surface area contributed by atoms with Gasteiger partial charge in [0, 0.05) is 50.5 Å². The number of para-hydroxylation sites is 1. The lowest BCUT2D eigenvalue weighted by atomic mass is 10.2. The number of hydrogen-bond acceptors (Lipinski definition) is 5. The van der Waals surface area contributed by atoms with Crippen LogP contribution in [0.3, 0.4) is 0 Å². The second kappa shape index (κ2) is 11.2. The van der Waals surface area contributed by atoms with Crippen molar-refractivity contribution in [3.63, 3.8) is 0 Å². The Morgan fingerprint density at radius 2 is 1.87 bits per heavy atom. The molecule has 1 N–H and O–H groups in total. The third-order valence-corrected chi connectivity index (χ3v) is 5.74. The van der Waals surface area contributed by atoms with Crippen molar-refractivity contribution < 1.29 is 14.3 Å². The molecule has 2 aromatic rings. The molecule has 0 radical (unpaired) electrons. The Bertz CT molecular complexity index is 824. The maximum atomic E-state index is 12.6. The number of amides is 1. The number of carbonyl (C=O) groups excluding carboxylic acids is 1. The summed E-state index contributed by atoms with van der Waals surface area (Å²) in [7, 11) is 1.58. The number of rotatable bonds is 9. The van der Waals surface area contributed by atoms with Gasteiger partial charge in [0.25, 0.3) is 5.91 Å². The van der Waals surface area contributed by atoms with Gasteiger partial charge in [-0.25, -0.2) is 0 Å². The van der Waals surface area contributed by atoms with Crippen molar-refractivity contribution in [2.24, 2.45) is 0 Å². The van der Waals surface area contributed by atoms with Crippen LogP contribution in [0.2, 0.25) is 0 Å². The molecule has 0 aromatic heterocycles. The molecule has 6 nitrogen and oxygen atoms in total. The molecular formula is C23H30BrN3O3. The monoisotopic (exact) mass is 475 g/mol. The minimum absolute atomic E-state index is 0.112. The van der Waals surface area contributed by atoms with Crippen LogP contribution < -0.4 is 19.7 Å². The molecule has 162 valence electrons. The predicted molar refractivity (Wildman–Crippen MR) is 124 cm³/mol. The lowest BCUT2D eigenvalue weighted by Gasteiger charge is -2.36. The average Bonchev–Trinajstić information content (AvgIpc) is 2.78. The first kappa shape index (κ1) is 22.4. The van der Waals surface area contributed by atoms with Gasteiger partial charge in [0.05, 0.1) is 18.2 Å². The lowest BCUT2D eigenvalue weighted by Crippen LogP contribution is -2.48. The van der Waals surface area contributed by atoms with Gasteiger partial charge in [-0.15, -0.1) is 0 Å². The van der Waals surface area contributed by atoms with Crippen molar-refractivity contribution >= 4 is 27.5 Å². The molecule has 7 heteroatoms. The Hall–Kier alpha value is -2.25. The molecule has 30 heavy (non-hydrogen) atoms. The summed E-state index contributed by atoms with van der Waals surface area (Å²) >= 11 is 3.49. The zero-order chi connectivity index (χ0) is 21.3. The largest absolute Gasteiger partial charge is 0.493 e. The van der Waals surface area contributed by atoms with Gasteiger partial charge in [-0.1, -0.05) is 25.1 Å². The van der Waals surface area contributed by atoms with Gasteiger partial charge in [0.2, 0.25) is 0 Å². The summed E-state index contributed by atoms with van der Waals surface area (Å²) in [6, 6.07) is 14.0. The topological polar surface area (TPSA) is 54.0 Å². The molecule has 1 fully saturated rings. The number of nitrogens with one attached hydrogen (secondary N) is 1. The minimum atomic E-state index is -0.112. The minimum Gasteiger partial charge on any atom is -0.493 e. The molecule has 1 amide bonds. The van der Waals surface area contributed by atoms with Gasteiger partial charge in [0.15, 0.2) is 11.5 Å². The van der Waals surface area contributed by atoms with Gasteiger partial charge in [-0.05, 0) is 46.6 Å². The number of piperazine rings is 1. The van der Waals surface area contributed by atoms with Gasteiger partial charge >= 0.3 is 0 Å². The van der Waals surface area contributed by atoms with Crippen LogP contribution >= 0.6 is 15.9 Å². The molecule has 3 rings (SSSR count). The Balaban J connectivity index is 1.47. The van der Waals surface area contributed by atoms with Crippen LogP contribution in [0.15, 0.2) is 46.9 Å². The molecule has 2 aromatic carbocycles. The maximum Gasteiger partial charge on any atom is 0.251 e. The van der Waals surface area contributed by atoms with Crippen molar-refractivity contribution in [1.82, 2.24) is 10.2 Å². The van der Waals surface area contributed by atoms with E-state index in [0.717, 1.165) is 43.6 Å². The lowest BCUT2D eigenvalue weighted by molar-refractivity contribution is 0.0947. The van der Waals surface area contributed by atoms with Crippen LogP contribution in [-0.2, 0) is 0 Å². The zero-order valence-electron chi connectivity index (χ0n) is 17.7. The zero-order valence-corrected chi connectivity index (χ0v) is 19.3. The maximum absolute atomic E-state index is 12.6. The van der Waals surface area contributed by atoms with Crippen LogP contribution in [0, 0.1) is 0 Å². The summed E-state index contributed by atoms with van der Waals surface area (Å²) in [4.78, 5) is 17.4. The van der Waals surface area contributed by atoms with E-state index in [-0.39, 0.29) is 5.91 Å². The fourth-order valence-electron chi connectivity index (χ4n) is 3.49. The highest BCUT2D eigenvalue weighted by Crippen LogP contribution is 2.36. The number of carbonyl (C=O) groups is 1. The number of ether oxygens (including phenoxy) is 2. The third kappa shape index (κ3) is 5.89. The van der Waals surface area contributed by atoms with Crippen molar-refractivity contribution in [2.75, 3.05) is 57.9 Å². The quantitative estimate of drug-likeness (QED) is 0.597. The van der Waals surface area contributed by atoms with Crippen molar-refractivity contribution in [3.8, 4) is 11.5 Å². The smallest absolute Gasteiger partial charge is 0.251 e. The molecule has 0 bridgehead atoms. The molecule has 0 saturated carbocycles. The summed E-state index contributed by atoms with van der Waals surface area (Å²) in [5.41, 5.74) is 1.83. The molecular weight excluding hydrogens is 446 g/mol. The number of anilines is 1. The average molecular weight is 476 g/mol. The molecule has 0 unspecified atom stereocenters. The highest BCUT2D eigenvalue weighted by molar-refractivity contribution is 9.10. The highest BCUT2D eigenvalue weighted by atomic mass is 79.9. The van der Waals surface area contributed by atoms with E-state index < -0.39 is 0 Å². The first-order valence-corrected chi connectivity index (χ1v) is 11.2. The highest BCUT2D eigenvalue weighted by Gasteiger charge is 2.18. The van der Waals surface area contributed by atoms with Crippen LogP contribution in [0.25, 0.3) is 0 Å². The molecule has 1 heterocycles. The first-order chi connectivity index (χ1) is 14.6. The van der Waals surface area contributed by atoms with E-state index in [1.54, 1.807) is 19.2 Å². The fourth-order valence-corrected chi connectivity index (χ4v) is 4.05. The molecule has 1 saturated heterocycles. The number of methoxy groups -OCH3 is 1. The summed E-state index contributed by atoms with van der Waals surface area (Å²) in [5.74, 6) is 1.08. The molecule has 1 aliphatic rings. The molecule has 0 atom stereocenters. The van der Waals surface area contributed by atoms with Crippen molar-refractivity contribution in [1.29, 1.82) is 0 Å². The second-order valence-corrected chi connectivity index (χ2v) is 8.11. The third-order valence-electron chi connectivity index (χ3n) is 5.15. The SMILES string of the molecule is CCCOc1c(Br)cc(C(=O)NCCN2CCN(c3ccccc3)CC2)cc1OC. The summed E-state index contributed by atoms with van der Waals surface area (Å²) in [5, 5.41) is 3.02. The number of hydrogen-bond donors (Lipinski definition) is 1. The van der Waals surface area contributed by atoms with Gasteiger partial charge in [-0.3, -0.25) is 9.69 Å². The van der Waals surface area contributed by atoms with Crippen molar-refractivity contribution in [2.45, 2.75) is 13.3 Å². The normalized spacial score (nSPS) is 14.4. The number of halogens is 1. The Morgan fingerprint density at radius 1 is 1.13 bits per heavy atom. The van der Waals surface area contributed by atoms with Crippen LogP contribution in [0.4, 0.5) is 5.69 Å². The van der Waals surface area contributed by atoms with Crippen LogP contribution in [0.5, 0.6) is 11.5 Å². The second-order valence-electron chi connectivity index (χ2n) is 7.26. The van der Waals surface area contributed by atoms with E-state index in [4.69, 9.17) is 9.47 Å². The Morgan fingerprint density at radius 3 is 2.53 bits per heavy atom. The van der Waals surface area contributed by atoms with E-state index in [0.29, 0.717) is 30.2 Å². The Labute approximate surface area is 187 Å². The molecule has 1 aliphatic heterocycles. The van der Waals surface area contributed by atoms with Crippen LogP contribution in [-0.4, -0.2) is 63.8 Å². The van der Waals surface area contributed by atoms with Crippen molar-refractivity contribution in [3.05, 3.63) is 52.5 Å². The van der Waals surface area contributed by atoms with E-state index >= 15 is 0 Å². The van der Waals surface area contributed by atoms with Crippen LogP contribution in [0.1, 0.15) is 23.7 Å². The van der Waals surface area contributed by atoms with Gasteiger partial charge < -0.3 is 19.7 Å². The fraction of sp³-hybridized carbons (Fsp3) is 0.435. The Kier molecular flexibility index (Phi) is 8.39. The number of nitrogens with zero attached hydrogens (tertiary/aromatic N) is 2. The van der Waals surface area contributed by atoms with Gasteiger partial charge in [0.1, 0.15) is 0 Å². The predicted octanol–water partition coefficient (Wildman–Crippen LogP) is 3.80. The summed E-state index contributed by atoms with van der Waals surface area (Å²) in [6.45, 7) is 8.08. The number of benzene rings is 2. The van der Waals surface area contributed by atoms with E-state index in [2.05, 4.69) is 55.3 Å². The van der Waals surface area contributed by atoms with E-state index in [1.807, 2.05) is 13.0 Å².